The average molecular weight is 390 g/mol. The number of nitrogens with zero attached hydrogens (tertiary/aromatic N) is 1. The Morgan fingerprint density at radius 3 is 2.64 bits per heavy atom. The van der Waals surface area contributed by atoms with Crippen molar-refractivity contribution in [3.63, 3.8) is 0 Å². The maximum absolute atomic E-state index is 13.3. The molecule has 0 bridgehead atoms. The third-order valence-electron chi connectivity index (χ3n) is 3.99. The molecule has 2 rings (SSSR count). The fourth-order valence-electron chi connectivity index (χ4n) is 2.28. The fraction of sp³-hybridized carbons (Fsp3) is 0.263. The highest BCUT2D eigenvalue weighted by Crippen LogP contribution is 2.22. The maximum Gasteiger partial charge on any atom is 0.344 e. The Morgan fingerprint density at radius 1 is 1.25 bits per heavy atom. The number of rotatable bonds is 7. The lowest BCUT2D eigenvalue weighted by molar-refractivity contribution is -0.387. The van der Waals surface area contributed by atoms with Crippen molar-refractivity contribution in [3.8, 4) is 5.75 Å². The Bertz CT molecular complexity index is 915. The lowest BCUT2D eigenvalue weighted by atomic mass is 10.1. The van der Waals surface area contributed by atoms with Gasteiger partial charge in [0.25, 0.3) is 5.91 Å². The lowest BCUT2D eigenvalue weighted by Gasteiger charge is -2.15. The highest BCUT2D eigenvalue weighted by Gasteiger charge is 2.20. The number of nitro benzene ring substituents is 1. The Kier molecular flexibility index (Phi) is 6.64. The Labute approximate surface area is 160 Å². The van der Waals surface area contributed by atoms with Crippen LogP contribution in [0.25, 0.3) is 0 Å². The predicted molar refractivity (Wildman–Crippen MR) is 98.6 cm³/mol. The monoisotopic (exact) mass is 390 g/mol. The molecule has 0 heterocycles. The quantitative estimate of drug-likeness (QED) is 0.441. The van der Waals surface area contributed by atoms with Gasteiger partial charge in [0.15, 0.2) is 12.7 Å². The minimum absolute atomic E-state index is 0.00707. The van der Waals surface area contributed by atoms with E-state index >= 15 is 0 Å². The van der Waals surface area contributed by atoms with Gasteiger partial charge in [-0.25, -0.2) is 4.79 Å². The first-order chi connectivity index (χ1) is 13.2. The Morgan fingerprint density at radius 2 is 1.96 bits per heavy atom. The zero-order valence-electron chi connectivity index (χ0n) is 15.5. The van der Waals surface area contributed by atoms with E-state index in [1.54, 1.807) is 12.1 Å². The molecule has 0 radical (unpaired) electrons. The standard InChI is InChI=1S/C19H19FN2O6/c1-11-5-4-6-17(12(11)2)27-10-18(23)28-13(3)19(24)21-14-7-8-15(20)16(9-14)22(25)26/h4-9,13H,10H2,1-3H3,(H,21,24)/t13-/m1/s1. The van der Waals surface area contributed by atoms with Crippen LogP contribution in [0.1, 0.15) is 18.1 Å². The smallest absolute Gasteiger partial charge is 0.344 e. The van der Waals surface area contributed by atoms with Gasteiger partial charge in [0.05, 0.1) is 4.92 Å². The number of carbonyl (C=O) groups excluding carboxylic acids is 2. The van der Waals surface area contributed by atoms with Gasteiger partial charge in [-0.05, 0) is 50.1 Å². The topological polar surface area (TPSA) is 108 Å². The molecule has 8 nitrogen and oxygen atoms in total. The zero-order chi connectivity index (χ0) is 20.8. The summed E-state index contributed by atoms with van der Waals surface area (Å²) in [5.41, 5.74) is 1.13. The number of amides is 1. The highest BCUT2D eigenvalue weighted by atomic mass is 19.1. The molecule has 0 aliphatic rings. The van der Waals surface area contributed by atoms with E-state index in [1.165, 1.54) is 13.0 Å². The number of aryl methyl sites for hydroxylation is 1. The van der Waals surface area contributed by atoms with Crippen molar-refractivity contribution in [3.05, 3.63) is 63.5 Å². The van der Waals surface area contributed by atoms with Crippen molar-refractivity contribution >= 4 is 23.3 Å². The molecule has 1 amide bonds. The number of hydrogen-bond acceptors (Lipinski definition) is 6. The molecule has 0 aromatic heterocycles. The number of hydrogen-bond donors (Lipinski definition) is 1. The van der Waals surface area contributed by atoms with Gasteiger partial charge in [-0.2, -0.15) is 4.39 Å². The summed E-state index contributed by atoms with van der Waals surface area (Å²) in [7, 11) is 0. The molecule has 28 heavy (non-hydrogen) atoms. The van der Waals surface area contributed by atoms with E-state index in [1.807, 2.05) is 19.9 Å². The summed E-state index contributed by atoms with van der Waals surface area (Å²) in [5, 5.41) is 13.1. The van der Waals surface area contributed by atoms with Gasteiger partial charge in [0.2, 0.25) is 5.82 Å². The largest absolute Gasteiger partial charge is 0.482 e. The molecule has 0 saturated carbocycles. The van der Waals surface area contributed by atoms with Crippen LogP contribution in [0.15, 0.2) is 36.4 Å². The van der Waals surface area contributed by atoms with Crippen LogP contribution in [-0.2, 0) is 14.3 Å². The van der Waals surface area contributed by atoms with Crippen LogP contribution in [0.2, 0.25) is 0 Å². The molecule has 0 unspecified atom stereocenters. The first-order valence-electron chi connectivity index (χ1n) is 8.32. The number of nitro groups is 1. The van der Waals surface area contributed by atoms with E-state index in [0.717, 1.165) is 23.3 Å². The second kappa shape index (κ2) is 8.94. The van der Waals surface area contributed by atoms with E-state index in [9.17, 15) is 24.1 Å². The SMILES string of the molecule is Cc1cccc(OCC(=O)O[C@H](C)C(=O)Nc2ccc(F)c([N+](=O)[O-])c2)c1C. The van der Waals surface area contributed by atoms with E-state index in [2.05, 4.69) is 5.32 Å². The van der Waals surface area contributed by atoms with E-state index < -0.39 is 34.4 Å². The average Bonchev–Trinajstić information content (AvgIpc) is 2.64. The van der Waals surface area contributed by atoms with Gasteiger partial charge in [0, 0.05) is 11.8 Å². The number of halogens is 1. The third-order valence-corrected chi connectivity index (χ3v) is 3.99. The second-order valence-electron chi connectivity index (χ2n) is 6.03. The molecule has 1 atom stereocenters. The van der Waals surface area contributed by atoms with Gasteiger partial charge >= 0.3 is 11.7 Å². The number of nitrogens with one attached hydrogen (secondary N) is 1. The molecular weight excluding hydrogens is 371 g/mol. The van der Waals surface area contributed by atoms with Crippen molar-refractivity contribution in [2.24, 2.45) is 0 Å². The van der Waals surface area contributed by atoms with Crippen LogP contribution in [-0.4, -0.2) is 29.5 Å². The third kappa shape index (κ3) is 5.26. The van der Waals surface area contributed by atoms with Gasteiger partial charge in [0.1, 0.15) is 5.75 Å². The van der Waals surface area contributed by atoms with E-state index in [-0.39, 0.29) is 12.3 Å². The van der Waals surface area contributed by atoms with Gasteiger partial charge < -0.3 is 14.8 Å². The van der Waals surface area contributed by atoms with E-state index in [0.29, 0.717) is 5.75 Å². The minimum Gasteiger partial charge on any atom is -0.482 e. The van der Waals surface area contributed by atoms with Crippen LogP contribution < -0.4 is 10.1 Å². The van der Waals surface area contributed by atoms with Gasteiger partial charge in [-0.1, -0.05) is 12.1 Å². The van der Waals surface area contributed by atoms with Gasteiger partial charge in [-0.15, -0.1) is 0 Å². The molecule has 0 spiro atoms. The minimum atomic E-state index is -1.18. The van der Waals surface area contributed by atoms with E-state index in [4.69, 9.17) is 9.47 Å². The number of anilines is 1. The number of benzene rings is 2. The lowest BCUT2D eigenvalue weighted by Crippen LogP contribution is -2.31. The number of carbonyl (C=O) groups is 2. The van der Waals surface area contributed by atoms with Crippen molar-refractivity contribution in [2.75, 3.05) is 11.9 Å². The van der Waals surface area contributed by atoms with Crippen LogP contribution in [0.3, 0.4) is 0 Å². The molecule has 0 aliphatic heterocycles. The zero-order valence-corrected chi connectivity index (χ0v) is 15.5. The number of esters is 1. The molecule has 1 N–H and O–H groups in total. The van der Waals surface area contributed by atoms with Crippen LogP contribution in [0.5, 0.6) is 5.75 Å². The molecule has 0 fully saturated rings. The Balaban J connectivity index is 1.91. The molecule has 2 aromatic carbocycles. The van der Waals surface area contributed by atoms with Crippen molar-refractivity contribution in [1.29, 1.82) is 0 Å². The summed E-state index contributed by atoms with van der Waals surface area (Å²) in [6.45, 7) is 4.72. The van der Waals surface area contributed by atoms with Crippen LogP contribution in [0, 0.1) is 29.8 Å². The molecule has 0 saturated heterocycles. The highest BCUT2D eigenvalue weighted by molar-refractivity contribution is 5.95. The first-order valence-corrected chi connectivity index (χ1v) is 8.32. The van der Waals surface area contributed by atoms with Crippen molar-refractivity contribution in [1.82, 2.24) is 0 Å². The van der Waals surface area contributed by atoms with Crippen molar-refractivity contribution in [2.45, 2.75) is 26.9 Å². The summed E-state index contributed by atoms with van der Waals surface area (Å²) in [6, 6.07) is 8.33. The molecule has 0 aliphatic carbocycles. The first kappa shape index (κ1) is 20.8. The maximum atomic E-state index is 13.3. The van der Waals surface area contributed by atoms with Crippen LogP contribution in [0.4, 0.5) is 15.8 Å². The van der Waals surface area contributed by atoms with Crippen LogP contribution >= 0.6 is 0 Å². The Hall–Kier alpha value is -3.49. The molecule has 9 heteroatoms. The molecular formula is C19H19FN2O6. The van der Waals surface area contributed by atoms with Gasteiger partial charge in [-0.3, -0.25) is 14.9 Å². The molecule has 148 valence electrons. The second-order valence-corrected chi connectivity index (χ2v) is 6.03. The summed E-state index contributed by atoms with van der Waals surface area (Å²) in [5.74, 6) is -1.96. The summed E-state index contributed by atoms with van der Waals surface area (Å²) in [4.78, 5) is 33.8. The summed E-state index contributed by atoms with van der Waals surface area (Å²) >= 11 is 0. The molecule has 2 aromatic rings. The normalized spacial score (nSPS) is 11.4. The summed E-state index contributed by atoms with van der Waals surface area (Å²) < 4.78 is 23.7. The number of ether oxygens (including phenoxy) is 2. The predicted octanol–water partition coefficient (Wildman–Crippen LogP) is 3.30. The summed E-state index contributed by atoms with van der Waals surface area (Å²) in [6.07, 6.45) is -1.18. The van der Waals surface area contributed by atoms with Crippen molar-refractivity contribution < 1.29 is 28.4 Å². The fourth-order valence-corrected chi connectivity index (χ4v) is 2.28.